The summed E-state index contributed by atoms with van der Waals surface area (Å²) in [6, 6.07) is 3.75. The molecule has 1 aromatic heterocycles. The van der Waals surface area contributed by atoms with E-state index >= 15 is 0 Å². The Morgan fingerprint density at radius 1 is 1.35 bits per heavy atom. The molecule has 0 radical (unpaired) electrons. The topological polar surface area (TPSA) is 62.3 Å². The Bertz CT molecular complexity index is 512. The number of nitrogens with zero attached hydrogens (tertiary/aromatic N) is 2. The lowest BCUT2D eigenvalue weighted by Crippen LogP contribution is -2.66. The molecule has 1 aliphatic heterocycles. The van der Waals surface area contributed by atoms with Gasteiger partial charge in [-0.2, -0.15) is 0 Å². The molecule has 0 bridgehead atoms. The summed E-state index contributed by atoms with van der Waals surface area (Å²) in [5.41, 5.74) is 0.0203. The van der Waals surface area contributed by atoms with Crippen molar-refractivity contribution in [3.63, 3.8) is 0 Å². The third-order valence-corrected chi connectivity index (χ3v) is 4.39. The number of pyridine rings is 1. The highest BCUT2D eigenvalue weighted by Crippen LogP contribution is 2.28. The Labute approximate surface area is 126 Å². The fourth-order valence-corrected chi connectivity index (χ4v) is 2.87. The van der Waals surface area contributed by atoms with Crippen LogP contribution >= 0.6 is 15.9 Å². The Morgan fingerprint density at radius 3 is 2.60 bits per heavy atom. The highest BCUT2D eigenvalue weighted by atomic mass is 79.9. The fraction of sp³-hybridized carbons (Fsp3) is 0.500. The van der Waals surface area contributed by atoms with Gasteiger partial charge in [0.05, 0.1) is 18.8 Å². The second kappa shape index (κ2) is 5.91. The molecule has 2 heterocycles. The van der Waals surface area contributed by atoms with Crippen molar-refractivity contribution in [2.24, 2.45) is 0 Å². The third-order valence-electron chi connectivity index (χ3n) is 3.92. The molecule has 108 valence electrons. The van der Waals surface area contributed by atoms with Gasteiger partial charge >= 0.3 is 0 Å². The quantitative estimate of drug-likeness (QED) is 0.910. The predicted molar refractivity (Wildman–Crippen MR) is 78.8 cm³/mol. The lowest BCUT2D eigenvalue weighted by atomic mass is 9.87. The van der Waals surface area contributed by atoms with E-state index in [1.165, 1.54) is 0 Å². The number of hydrogen-bond acceptors (Lipinski definition) is 3. The zero-order valence-electron chi connectivity index (χ0n) is 11.6. The van der Waals surface area contributed by atoms with Crippen LogP contribution in [-0.4, -0.2) is 33.8 Å². The van der Waals surface area contributed by atoms with E-state index < -0.39 is 5.54 Å². The van der Waals surface area contributed by atoms with Crippen molar-refractivity contribution >= 4 is 27.7 Å². The van der Waals surface area contributed by atoms with Gasteiger partial charge in [-0.1, -0.05) is 13.8 Å². The summed E-state index contributed by atoms with van der Waals surface area (Å²) in [4.78, 5) is 30.4. The molecule has 0 unspecified atom stereocenters. The SMILES string of the molecule is CCC1(CC)C(=O)NCC(=O)N1Cc1ccc(Br)cn1. The van der Waals surface area contributed by atoms with Crippen molar-refractivity contribution in [1.82, 2.24) is 15.2 Å². The Morgan fingerprint density at radius 2 is 2.05 bits per heavy atom. The molecule has 2 rings (SSSR count). The standard InChI is InChI=1S/C14H18BrN3O2/c1-3-14(4-2)13(20)17-8-12(19)18(14)9-11-6-5-10(15)7-16-11/h5-7H,3-4,8-9H2,1-2H3,(H,17,20). The van der Waals surface area contributed by atoms with E-state index in [0.29, 0.717) is 19.4 Å². The second-order valence-corrected chi connectivity index (χ2v) is 5.78. The van der Waals surface area contributed by atoms with E-state index in [4.69, 9.17) is 0 Å². The highest BCUT2D eigenvalue weighted by Gasteiger charge is 2.46. The van der Waals surface area contributed by atoms with Gasteiger partial charge in [0.25, 0.3) is 0 Å². The number of rotatable bonds is 4. The molecule has 1 saturated heterocycles. The van der Waals surface area contributed by atoms with Crippen LogP contribution in [0.3, 0.4) is 0 Å². The smallest absolute Gasteiger partial charge is 0.246 e. The number of carbonyl (C=O) groups excluding carboxylic acids is 2. The van der Waals surface area contributed by atoms with E-state index in [9.17, 15) is 9.59 Å². The molecule has 1 aliphatic rings. The first-order valence-corrected chi connectivity index (χ1v) is 7.52. The van der Waals surface area contributed by atoms with Crippen LogP contribution < -0.4 is 5.32 Å². The van der Waals surface area contributed by atoms with E-state index in [-0.39, 0.29) is 18.4 Å². The van der Waals surface area contributed by atoms with Gasteiger partial charge in [0.15, 0.2) is 0 Å². The average molecular weight is 340 g/mol. The maximum Gasteiger partial charge on any atom is 0.246 e. The summed E-state index contributed by atoms with van der Waals surface area (Å²) in [6.45, 7) is 4.30. The molecule has 0 atom stereocenters. The molecule has 0 aliphatic carbocycles. The summed E-state index contributed by atoms with van der Waals surface area (Å²) in [5, 5.41) is 2.69. The monoisotopic (exact) mass is 339 g/mol. The molecular weight excluding hydrogens is 322 g/mol. The van der Waals surface area contributed by atoms with Gasteiger partial charge in [0, 0.05) is 10.7 Å². The van der Waals surface area contributed by atoms with Crippen molar-refractivity contribution < 1.29 is 9.59 Å². The molecule has 1 fully saturated rings. The minimum Gasteiger partial charge on any atom is -0.345 e. The molecule has 20 heavy (non-hydrogen) atoms. The van der Waals surface area contributed by atoms with Crippen molar-refractivity contribution in [1.29, 1.82) is 0 Å². The van der Waals surface area contributed by atoms with Crippen molar-refractivity contribution in [2.45, 2.75) is 38.8 Å². The van der Waals surface area contributed by atoms with E-state index in [2.05, 4.69) is 26.2 Å². The Balaban J connectivity index is 2.31. The number of piperazine rings is 1. The van der Waals surface area contributed by atoms with Crippen LogP contribution in [0, 0.1) is 0 Å². The maximum absolute atomic E-state index is 12.2. The number of carbonyl (C=O) groups is 2. The van der Waals surface area contributed by atoms with Gasteiger partial charge in [-0.25, -0.2) is 0 Å². The van der Waals surface area contributed by atoms with E-state index in [1.54, 1.807) is 11.1 Å². The van der Waals surface area contributed by atoms with E-state index in [1.807, 2.05) is 26.0 Å². The molecule has 5 nitrogen and oxygen atoms in total. The Kier molecular flexibility index (Phi) is 4.42. The minimum atomic E-state index is -0.760. The summed E-state index contributed by atoms with van der Waals surface area (Å²) in [6.07, 6.45) is 2.89. The molecule has 1 N–H and O–H groups in total. The van der Waals surface area contributed by atoms with Crippen LogP contribution in [0.15, 0.2) is 22.8 Å². The summed E-state index contributed by atoms with van der Waals surface area (Å²) in [5.74, 6) is -0.128. The third kappa shape index (κ3) is 2.57. The number of amides is 2. The van der Waals surface area contributed by atoms with Crippen LogP contribution in [0.2, 0.25) is 0 Å². The largest absolute Gasteiger partial charge is 0.345 e. The number of aromatic nitrogens is 1. The van der Waals surface area contributed by atoms with Crippen LogP contribution in [0.25, 0.3) is 0 Å². The molecule has 0 spiro atoms. The minimum absolute atomic E-state index is 0.0574. The maximum atomic E-state index is 12.2. The normalized spacial score (nSPS) is 18.1. The number of halogens is 1. The molecule has 2 amide bonds. The van der Waals surface area contributed by atoms with Crippen LogP contribution in [0.1, 0.15) is 32.4 Å². The van der Waals surface area contributed by atoms with Gasteiger partial charge < -0.3 is 10.2 Å². The molecule has 1 aromatic rings. The molecular formula is C14H18BrN3O2. The van der Waals surface area contributed by atoms with Crippen molar-refractivity contribution in [3.05, 3.63) is 28.5 Å². The summed E-state index contributed by atoms with van der Waals surface area (Å²) < 4.78 is 0.890. The fourth-order valence-electron chi connectivity index (χ4n) is 2.63. The number of hydrogen-bond donors (Lipinski definition) is 1. The van der Waals surface area contributed by atoms with Gasteiger partial charge in [0.1, 0.15) is 5.54 Å². The van der Waals surface area contributed by atoms with Crippen molar-refractivity contribution in [3.8, 4) is 0 Å². The van der Waals surface area contributed by atoms with Gasteiger partial charge in [-0.3, -0.25) is 14.6 Å². The first-order chi connectivity index (χ1) is 9.53. The zero-order chi connectivity index (χ0) is 14.8. The lowest BCUT2D eigenvalue weighted by Gasteiger charge is -2.44. The Hall–Kier alpha value is -1.43. The predicted octanol–water partition coefficient (Wildman–Crippen LogP) is 1.86. The van der Waals surface area contributed by atoms with Crippen LogP contribution in [0.5, 0.6) is 0 Å². The average Bonchev–Trinajstić information content (AvgIpc) is 2.46. The van der Waals surface area contributed by atoms with Gasteiger partial charge in [-0.05, 0) is 40.9 Å². The van der Waals surface area contributed by atoms with Gasteiger partial charge in [-0.15, -0.1) is 0 Å². The van der Waals surface area contributed by atoms with Gasteiger partial charge in [0.2, 0.25) is 11.8 Å². The molecule has 0 aromatic carbocycles. The number of nitrogens with one attached hydrogen (secondary N) is 1. The molecule has 0 saturated carbocycles. The first kappa shape index (κ1) is 15.0. The van der Waals surface area contributed by atoms with Crippen molar-refractivity contribution in [2.75, 3.05) is 6.54 Å². The zero-order valence-corrected chi connectivity index (χ0v) is 13.2. The van der Waals surface area contributed by atoms with Crippen LogP contribution in [-0.2, 0) is 16.1 Å². The first-order valence-electron chi connectivity index (χ1n) is 6.72. The van der Waals surface area contributed by atoms with E-state index in [0.717, 1.165) is 10.2 Å². The van der Waals surface area contributed by atoms with Crippen LogP contribution in [0.4, 0.5) is 0 Å². The highest BCUT2D eigenvalue weighted by molar-refractivity contribution is 9.10. The second-order valence-electron chi connectivity index (χ2n) is 4.87. The summed E-state index contributed by atoms with van der Waals surface area (Å²) >= 11 is 3.33. The lowest BCUT2D eigenvalue weighted by molar-refractivity contribution is -0.155. The molecule has 6 heteroatoms. The summed E-state index contributed by atoms with van der Waals surface area (Å²) in [7, 11) is 0.